The number of nitrogens with zero attached hydrogens (tertiary/aromatic N) is 1. The highest BCUT2D eigenvalue weighted by molar-refractivity contribution is 6.42. The molecule has 33 heavy (non-hydrogen) atoms. The van der Waals surface area contributed by atoms with E-state index in [0.717, 1.165) is 16.8 Å². The van der Waals surface area contributed by atoms with Gasteiger partial charge in [0.1, 0.15) is 5.92 Å². The van der Waals surface area contributed by atoms with E-state index in [4.69, 9.17) is 32.9 Å². The van der Waals surface area contributed by atoms with Gasteiger partial charge in [-0.25, -0.2) is 0 Å². The maximum absolute atomic E-state index is 13.6. The molecule has 2 aromatic rings. The zero-order valence-electron chi connectivity index (χ0n) is 19.0. The number of halogens is 2. The zero-order valence-corrected chi connectivity index (χ0v) is 20.5. The predicted octanol–water partition coefficient (Wildman–Crippen LogP) is 6.91. The summed E-state index contributed by atoms with van der Waals surface area (Å²) in [6.45, 7) is 5.67. The highest BCUT2D eigenvalue weighted by Gasteiger charge is 2.45. The molecule has 4 rings (SSSR count). The van der Waals surface area contributed by atoms with Crippen molar-refractivity contribution in [2.75, 3.05) is 0 Å². The molecule has 172 valence electrons. The number of hydrogen-bond acceptors (Lipinski definition) is 4. The Balaban J connectivity index is 1.80. The Hall–Kier alpha value is -2.43. The summed E-state index contributed by atoms with van der Waals surface area (Å²) in [5.41, 5.74) is 3.89. The Morgan fingerprint density at radius 2 is 1.82 bits per heavy atom. The topological polar surface area (TPSA) is 55.7 Å². The molecule has 1 aliphatic carbocycles. The first-order valence-electron chi connectivity index (χ1n) is 11.3. The fourth-order valence-corrected chi connectivity index (χ4v) is 5.05. The third-order valence-corrected chi connectivity index (χ3v) is 7.35. The van der Waals surface area contributed by atoms with Crippen LogP contribution in [0.5, 0.6) is 0 Å². The number of allylic oxidation sites excluding steroid dienone is 2. The second-order valence-corrected chi connectivity index (χ2v) is 9.65. The van der Waals surface area contributed by atoms with Gasteiger partial charge >= 0.3 is 5.97 Å². The number of rotatable bonds is 5. The molecular formula is C27H27Cl2NO3. The van der Waals surface area contributed by atoms with Crippen LogP contribution >= 0.6 is 23.2 Å². The van der Waals surface area contributed by atoms with Gasteiger partial charge in [-0.15, -0.1) is 0 Å². The normalized spacial score (nSPS) is 23.6. The maximum atomic E-state index is 13.6. The van der Waals surface area contributed by atoms with Gasteiger partial charge in [0.15, 0.2) is 5.78 Å². The monoisotopic (exact) mass is 483 g/mol. The van der Waals surface area contributed by atoms with Gasteiger partial charge in [-0.3, -0.25) is 14.6 Å². The average Bonchev–Trinajstić information content (AvgIpc) is 2.80. The van der Waals surface area contributed by atoms with Crippen molar-refractivity contribution in [3.8, 4) is 0 Å². The minimum Gasteiger partial charge on any atom is -0.462 e. The van der Waals surface area contributed by atoms with Crippen LogP contribution in [0.3, 0.4) is 0 Å². The molecule has 0 radical (unpaired) electrons. The summed E-state index contributed by atoms with van der Waals surface area (Å²) in [7, 11) is 0. The molecular weight excluding hydrogens is 457 g/mol. The second-order valence-electron chi connectivity index (χ2n) is 8.84. The Labute approximate surface area is 204 Å². The van der Waals surface area contributed by atoms with Gasteiger partial charge in [0, 0.05) is 29.3 Å². The van der Waals surface area contributed by atoms with Crippen LogP contribution in [0.2, 0.25) is 10.0 Å². The first kappa shape index (κ1) is 23.7. The molecule has 4 atom stereocenters. The minimum atomic E-state index is -0.688. The molecule has 0 amide bonds. The fourth-order valence-electron chi connectivity index (χ4n) is 4.75. The number of ether oxygens (including phenoxy) is 1. The van der Waals surface area contributed by atoms with Gasteiger partial charge in [0.2, 0.25) is 0 Å². The van der Waals surface area contributed by atoms with Crippen molar-refractivity contribution in [3.05, 3.63) is 81.0 Å². The molecule has 2 aliphatic rings. The molecule has 4 nitrogen and oxygen atoms in total. The molecule has 0 spiro atoms. The molecule has 1 heterocycles. The van der Waals surface area contributed by atoms with Gasteiger partial charge in [0.25, 0.3) is 0 Å². The van der Waals surface area contributed by atoms with Crippen molar-refractivity contribution in [1.82, 2.24) is 0 Å². The molecule has 1 aliphatic heterocycles. The second kappa shape index (κ2) is 9.82. The van der Waals surface area contributed by atoms with Crippen LogP contribution in [0.15, 0.2) is 64.8 Å². The van der Waals surface area contributed by atoms with E-state index in [1.807, 2.05) is 57.2 Å². The number of esters is 1. The zero-order chi connectivity index (χ0) is 23.7. The first-order valence-corrected chi connectivity index (χ1v) is 12.1. The lowest BCUT2D eigenvalue weighted by Crippen LogP contribution is -2.39. The number of benzene rings is 2. The highest BCUT2D eigenvalue weighted by Crippen LogP contribution is 2.47. The lowest BCUT2D eigenvalue weighted by molar-refractivity contribution is -0.151. The molecule has 0 saturated heterocycles. The lowest BCUT2D eigenvalue weighted by atomic mass is 9.69. The van der Waals surface area contributed by atoms with Crippen molar-refractivity contribution >= 4 is 40.7 Å². The van der Waals surface area contributed by atoms with Crippen LogP contribution in [-0.2, 0) is 14.3 Å². The van der Waals surface area contributed by atoms with E-state index in [9.17, 15) is 9.59 Å². The summed E-state index contributed by atoms with van der Waals surface area (Å²) in [6, 6.07) is 15.3. The number of carbonyl (C=O) groups is 2. The summed E-state index contributed by atoms with van der Waals surface area (Å²) in [4.78, 5) is 31.6. The number of carbonyl (C=O) groups excluding carboxylic acids is 2. The van der Waals surface area contributed by atoms with Crippen LogP contribution in [0, 0.1) is 5.92 Å². The van der Waals surface area contributed by atoms with Crippen LogP contribution in [0.25, 0.3) is 0 Å². The van der Waals surface area contributed by atoms with Crippen LogP contribution in [0.1, 0.15) is 63.0 Å². The van der Waals surface area contributed by atoms with E-state index in [0.29, 0.717) is 40.6 Å². The van der Waals surface area contributed by atoms with Crippen LogP contribution in [-0.4, -0.2) is 23.6 Å². The third-order valence-electron chi connectivity index (χ3n) is 6.61. The highest BCUT2D eigenvalue weighted by atomic mass is 35.5. The number of ketones is 1. The number of hydrogen-bond donors (Lipinski definition) is 0. The molecule has 0 saturated carbocycles. The summed E-state index contributed by atoms with van der Waals surface area (Å²) >= 11 is 12.5. The lowest BCUT2D eigenvalue weighted by Gasteiger charge is -2.37. The van der Waals surface area contributed by atoms with Gasteiger partial charge in [0.05, 0.1) is 16.1 Å². The largest absolute Gasteiger partial charge is 0.462 e. The number of aliphatic imine (C=N–C) groups is 1. The molecule has 6 heteroatoms. The Bertz CT molecular complexity index is 1140. The molecule has 2 aromatic carbocycles. The predicted molar refractivity (Wildman–Crippen MR) is 132 cm³/mol. The van der Waals surface area contributed by atoms with Crippen molar-refractivity contribution in [2.45, 2.75) is 58.0 Å². The van der Waals surface area contributed by atoms with E-state index in [-0.39, 0.29) is 23.8 Å². The van der Waals surface area contributed by atoms with E-state index in [2.05, 4.69) is 0 Å². The van der Waals surface area contributed by atoms with Crippen molar-refractivity contribution in [2.24, 2.45) is 10.9 Å². The van der Waals surface area contributed by atoms with Gasteiger partial charge < -0.3 is 4.74 Å². The van der Waals surface area contributed by atoms with Gasteiger partial charge in [-0.05, 0) is 55.9 Å². The van der Waals surface area contributed by atoms with E-state index in [1.165, 1.54) is 0 Å². The van der Waals surface area contributed by atoms with Gasteiger partial charge in [-0.2, -0.15) is 0 Å². The summed E-state index contributed by atoms with van der Waals surface area (Å²) < 4.78 is 5.71. The van der Waals surface area contributed by atoms with Gasteiger partial charge in [-0.1, -0.05) is 66.5 Å². The molecule has 0 aromatic heterocycles. The van der Waals surface area contributed by atoms with E-state index >= 15 is 0 Å². The van der Waals surface area contributed by atoms with Crippen LogP contribution < -0.4 is 0 Å². The quantitative estimate of drug-likeness (QED) is 0.434. The third kappa shape index (κ3) is 4.78. The average molecular weight is 484 g/mol. The summed E-state index contributed by atoms with van der Waals surface area (Å²) in [5, 5.41) is 0.810. The van der Waals surface area contributed by atoms with Crippen molar-refractivity contribution in [3.63, 3.8) is 0 Å². The molecule has 1 unspecified atom stereocenters. The van der Waals surface area contributed by atoms with Crippen molar-refractivity contribution < 1.29 is 14.3 Å². The SMILES string of the molecule is CC[C@@H](C)OC(=O)C1C(C)=NC2=C(C(=O)C[C@H](c3ccccc3)C2)[C@H]1c1ccc(Cl)c(Cl)c1. The molecule has 0 N–H and O–H groups in total. The fraction of sp³-hybridized carbons (Fsp3) is 0.370. The molecule has 0 fully saturated rings. The standard InChI is InChI=1S/C27H27Cl2NO3/c1-4-15(2)33-27(32)24-16(3)30-22-13-19(17-8-6-5-7-9-17)14-23(31)26(22)25(24)18-10-11-20(28)21(29)12-18/h5-12,15,19,24-25H,4,13-14H2,1-3H3/t15-,19-,24?,25+/m1/s1. The Kier molecular flexibility index (Phi) is 7.06. The maximum Gasteiger partial charge on any atom is 0.315 e. The Morgan fingerprint density at radius 1 is 1.09 bits per heavy atom. The summed E-state index contributed by atoms with van der Waals surface area (Å²) in [5.74, 6) is -1.49. The summed E-state index contributed by atoms with van der Waals surface area (Å²) in [6.07, 6.45) is 1.51. The van der Waals surface area contributed by atoms with Crippen LogP contribution in [0.4, 0.5) is 0 Å². The number of Topliss-reactive ketones (excluding diaryl/α,β-unsaturated/α-hetero) is 1. The van der Waals surface area contributed by atoms with E-state index < -0.39 is 11.8 Å². The van der Waals surface area contributed by atoms with Crippen molar-refractivity contribution in [1.29, 1.82) is 0 Å². The first-order chi connectivity index (χ1) is 15.8. The smallest absolute Gasteiger partial charge is 0.315 e. The Morgan fingerprint density at radius 3 is 2.48 bits per heavy atom. The van der Waals surface area contributed by atoms with E-state index in [1.54, 1.807) is 12.1 Å². The molecule has 0 bridgehead atoms. The minimum absolute atomic E-state index is 0.0127.